The van der Waals surface area contributed by atoms with Crippen LogP contribution in [0.4, 0.5) is 0 Å². The highest BCUT2D eigenvalue weighted by molar-refractivity contribution is 7.98. The van der Waals surface area contributed by atoms with E-state index >= 15 is 0 Å². The summed E-state index contributed by atoms with van der Waals surface area (Å²) in [4.78, 5) is 4.51. The van der Waals surface area contributed by atoms with Gasteiger partial charge in [-0.2, -0.15) is 0 Å². The molecule has 0 N–H and O–H groups in total. The SMILES string of the molecule is Cn1c(SCc2cccc3cccnc23)nnc1-c1ccccc1Cl. The van der Waals surface area contributed by atoms with Crippen molar-refractivity contribution in [3.8, 4) is 11.4 Å². The number of para-hydroxylation sites is 1. The van der Waals surface area contributed by atoms with Crippen LogP contribution in [0.15, 0.2) is 66.0 Å². The van der Waals surface area contributed by atoms with E-state index in [0.29, 0.717) is 5.02 Å². The molecule has 25 heavy (non-hydrogen) atoms. The van der Waals surface area contributed by atoms with Gasteiger partial charge in [-0.15, -0.1) is 10.2 Å². The molecule has 0 spiro atoms. The number of thioether (sulfide) groups is 1. The van der Waals surface area contributed by atoms with Crippen LogP contribution in [0.2, 0.25) is 5.02 Å². The van der Waals surface area contributed by atoms with Gasteiger partial charge in [0.25, 0.3) is 0 Å². The highest BCUT2D eigenvalue weighted by Gasteiger charge is 2.14. The van der Waals surface area contributed by atoms with E-state index in [1.807, 2.05) is 48.1 Å². The third kappa shape index (κ3) is 3.13. The number of pyridine rings is 1. The van der Waals surface area contributed by atoms with E-state index in [1.165, 1.54) is 5.56 Å². The van der Waals surface area contributed by atoms with Gasteiger partial charge in [-0.3, -0.25) is 4.98 Å². The van der Waals surface area contributed by atoms with Crippen LogP contribution in [0.3, 0.4) is 0 Å². The van der Waals surface area contributed by atoms with E-state index in [9.17, 15) is 0 Å². The van der Waals surface area contributed by atoms with Crippen molar-refractivity contribution < 1.29 is 0 Å². The van der Waals surface area contributed by atoms with Crippen LogP contribution in [0.25, 0.3) is 22.3 Å². The number of nitrogens with zero attached hydrogens (tertiary/aromatic N) is 4. The molecule has 2 heterocycles. The van der Waals surface area contributed by atoms with E-state index < -0.39 is 0 Å². The number of rotatable bonds is 4. The largest absolute Gasteiger partial charge is 0.305 e. The number of fused-ring (bicyclic) bond motifs is 1. The van der Waals surface area contributed by atoms with Crippen LogP contribution in [0, 0.1) is 0 Å². The second kappa shape index (κ2) is 6.86. The predicted molar refractivity (Wildman–Crippen MR) is 103 cm³/mol. The van der Waals surface area contributed by atoms with Crippen LogP contribution in [-0.4, -0.2) is 19.7 Å². The van der Waals surface area contributed by atoms with Crippen LogP contribution >= 0.6 is 23.4 Å². The van der Waals surface area contributed by atoms with E-state index in [4.69, 9.17) is 11.6 Å². The van der Waals surface area contributed by atoms with E-state index in [2.05, 4.69) is 39.4 Å². The van der Waals surface area contributed by atoms with Crippen molar-refractivity contribution in [1.29, 1.82) is 0 Å². The third-order valence-corrected chi connectivity index (χ3v) is 5.42. The van der Waals surface area contributed by atoms with Gasteiger partial charge < -0.3 is 4.57 Å². The summed E-state index contributed by atoms with van der Waals surface area (Å²) in [6.45, 7) is 0. The Kier molecular flexibility index (Phi) is 4.42. The van der Waals surface area contributed by atoms with Crippen LogP contribution in [0.5, 0.6) is 0 Å². The van der Waals surface area contributed by atoms with Gasteiger partial charge in [0, 0.05) is 29.9 Å². The number of hydrogen-bond acceptors (Lipinski definition) is 4. The highest BCUT2D eigenvalue weighted by atomic mass is 35.5. The van der Waals surface area contributed by atoms with Gasteiger partial charge >= 0.3 is 0 Å². The standard InChI is InChI=1S/C19H15ClN4S/c1-24-18(15-9-2-3-10-16(15)20)22-23-19(24)25-12-14-7-4-6-13-8-5-11-21-17(13)14/h2-11H,12H2,1H3. The second-order valence-corrected chi connectivity index (χ2v) is 6.98. The zero-order valence-corrected chi connectivity index (χ0v) is 15.1. The Hall–Kier alpha value is -2.37. The molecule has 0 saturated heterocycles. The molecule has 0 fully saturated rings. The van der Waals surface area contributed by atoms with Crippen molar-refractivity contribution in [1.82, 2.24) is 19.7 Å². The van der Waals surface area contributed by atoms with Crippen LogP contribution < -0.4 is 0 Å². The van der Waals surface area contributed by atoms with Gasteiger partial charge in [0.15, 0.2) is 11.0 Å². The summed E-state index contributed by atoms with van der Waals surface area (Å²) in [5.74, 6) is 1.55. The fourth-order valence-corrected chi connectivity index (χ4v) is 3.86. The maximum Gasteiger partial charge on any atom is 0.191 e. The number of hydrogen-bond donors (Lipinski definition) is 0. The minimum absolute atomic E-state index is 0.674. The Balaban J connectivity index is 1.61. The Morgan fingerprint density at radius 2 is 1.84 bits per heavy atom. The van der Waals surface area contributed by atoms with E-state index in [-0.39, 0.29) is 0 Å². The molecule has 0 bridgehead atoms. The van der Waals surface area contributed by atoms with Gasteiger partial charge in [-0.05, 0) is 23.8 Å². The quantitative estimate of drug-likeness (QED) is 0.478. The summed E-state index contributed by atoms with van der Waals surface area (Å²) in [6, 6.07) is 17.9. The summed E-state index contributed by atoms with van der Waals surface area (Å²) < 4.78 is 1.98. The first kappa shape index (κ1) is 16.1. The number of aromatic nitrogens is 4. The molecule has 0 atom stereocenters. The molecule has 0 aliphatic heterocycles. The molecule has 2 aromatic carbocycles. The van der Waals surface area contributed by atoms with E-state index in [0.717, 1.165) is 33.2 Å². The minimum atomic E-state index is 0.674. The van der Waals surface area contributed by atoms with E-state index in [1.54, 1.807) is 11.8 Å². The lowest BCUT2D eigenvalue weighted by molar-refractivity contribution is 0.794. The average molecular weight is 367 g/mol. The molecule has 0 radical (unpaired) electrons. The molecule has 124 valence electrons. The zero-order valence-electron chi connectivity index (χ0n) is 13.6. The number of halogens is 1. The summed E-state index contributed by atoms with van der Waals surface area (Å²) in [6.07, 6.45) is 1.83. The first-order valence-corrected chi connectivity index (χ1v) is 9.20. The van der Waals surface area contributed by atoms with Crippen molar-refractivity contribution in [2.24, 2.45) is 7.05 Å². The molecule has 6 heteroatoms. The van der Waals surface area contributed by atoms with Gasteiger partial charge in [0.2, 0.25) is 0 Å². The molecule has 0 unspecified atom stereocenters. The Bertz CT molecular complexity index is 1040. The lowest BCUT2D eigenvalue weighted by Crippen LogP contribution is -1.96. The Morgan fingerprint density at radius 3 is 2.72 bits per heavy atom. The minimum Gasteiger partial charge on any atom is -0.305 e. The average Bonchev–Trinajstić information content (AvgIpc) is 3.01. The second-order valence-electron chi connectivity index (χ2n) is 5.63. The lowest BCUT2D eigenvalue weighted by atomic mass is 10.1. The van der Waals surface area contributed by atoms with Gasteiger partial charge in [0.05, 0.1) is 10.5 Å². The normalized spacial score (nSPS) is 11.1. The maximum atomic E-state index is 6.28. The molecule has 0 aliphatic rings. The summed E-state index contributed by atoms with van der Waals surface area (Å²) in [7, 11) is 1.96. The molecule has 4 aromatic rings. The zero-order chi connectivity index (χ0) is 17.2. The fourth-order valence-electron chi connectivity index (χ4n) is 2.74. The van der Waals surface area contributed by atoms with Crippen molar-refractivity contribution in [3.05, 3.63) is 71.4 Å². The Morgan fingerprint density at radius 1 is 1.00 bits per heavy atom. The molecule has 2 aromatic heterocycles. The first-order chi connectivity index (χ1) is 12.2. The molecule has 0 saturated carbocycles. The smallest absolute Gasteiger partial charge is 0.191 e. The molecular formula is C19H15ClN4S. The molecule has 0 amide bonds. The Labute approximate surface area is 154 Å². The van der Waals surface area contributed by atoms with Crippen LogP contribution in [0.1, 0.15) is 5.56 Å². The van der Waals surface area contributed by atoms with Gasteiger partial charge in [-0.1, -0.05) is 59.8 Å². The lowest BCUT2D eigenvalue weighted by Gasteiger charge is -2.07. The third-order valence-electron chi connectivity index (χ3n) is 4.02. The monoisotopic (exact) mass is 366 g/mol. The number of benzene rings is 2. The van der Waals surface area contributed by atoms with Crippen molar-refractivity contribution >= 4 is 34.3 Å². The molecule has 4 nitrogen and oxygen atoms in total. The van der Waals surface area contributed by atoms with Crippen LogP contribution in [-0.2, 0) is 12.8 Å². The predicted octanol–water partition coefficient (Wildman–Crippen LogP) is 4.98. The molecule has 0 aliphatic carbocycles. The summed E-state index contributed by atoms with van der Waals surface area (Å²) in [5.41, 5.74) is 3.11. The summed E-state index contributed by atoms with van der Waals surface area (Å²) >= 11 is 7.92. The van der Waals surface area contributed by atoms with Crippen molar-refractivity contribution in [3.63, 3.8) is 0 Å². The summed E-state index contributed by atoms with van der Waals surface area (Å²) in [5, 5.41) is 11.3. The van der Waals surface area contributed by atoms with Crippen molar-refractivity contribution in [2.75, 3.05) is 0 Å². The fraction of sp³-hybridized carbons (Fsp3) is 0.105. The highest BCUT2D eigenvalue weighted by Crippen LogP contribution is 2.30. The maximum absolute atomic E-state index is 6.28. The van der Waals surface area contributed by atoms with Crippen molar-refractivity contribution in [2.45, 2.75) is 10.9 Å². The molecule has 4 rings (SSSR count). The van der Waals surface area contributed by atoms with Gasteiger partial charge in [0.1, 0.15) is 0 Å². The molecular weight excluding hydrogens is 352 g/mol. The van der Waals surface area contributed by atoms with Gasteiger partial charge in [-0.25, -0.2) is 0 Å². The topological polar surface area (TPSA) is 43.6 Å². The first-order valence-electron chi connectivity index (χ1n) is 7.84.